The molecule has 6 nitrogen and oxygen atoms in total. The monoisotopic (exact) mass is 342 g/mol. The zero-order chi connectivity index (χ0) is 17.9. The molecule has 1 heterocycles. The summed E-state index contributed by atoms with van der Waals surface area (Å²) in [6.07, 6.45) is 2.85. The first kappa shape index (κ1) is 17.5. The van der Waals surface area contributed by atoms with Crippen molar-refractivity contribution < 1.29 is 9.90 Å². The number of amides is 2. The summed E-state index contributed by atoms with van der Waals surface area (Å²) < 4.78 is 1.80. The van der Waals surface area contributed by atoms with Crippen molar-refractivity contribution in [3.63, 3.8) is 0 Å². The first-order chi connectivity index (χ1) is 12.0. The van der Waals surface area contributed by atoms with Crippen LogP contribution in [-0.4, -0.2) is 33.6 Å². The van der Waals surface area contributed by atoms with Gasteiger partial charge in [-0.05, 0) is 25.3 Å². The van der Waals surface area contributed by atoms with E-state index in [2.05, 4.69) is 15.7 Å². The van der Waals surface area contributed by atoms with Crippen molar-refractivity contribution in [2.45, 2.75) is 45.7 Å². The maximum atomic E-state index is 12.4. The molecule has 0 saturated heterocycles. The second-order valence-electron chi connectivity index (χ2n) is 7.17. The molecule has 3 rings (SSSR count). The normalized spacial score (nSPS) is 22.8. The number of urea groups is 1. The van der Waals surface area contributed by atoms with Crippen LogP contribution < -0.4 is 10.6 Å². The Morgan fingerprint density at radius 1 is 1.40 bits per heavy atom. The minimum atomic E-state index is -0.249. The summed E-state index contributed by atoms with van der Waals surface area (Å²) in [7, 11) is 0. The Morgan fingerprint density at radius 3 is 2.88 bits per heavy atom. The predicted octanol–water partition coefficient (Wildman–Crippen LogP) is 2.91. The number of aliphatic hydroxyl groups is 1. The molecule has 1 aliphatic rings. The second-order valence-corrected chi connectivity index (χ2v) is 7.17. The summed E-state index contributed by atoms with van der Waals surface area (Å²) in [4.78, 5) is 12.4. The van der Waals surface area contributed by atoms with Gasteiger partial charge in [-0.3, -0.25) is 5.32 Å². The van der Waals surface area contributed by atoms with Crippen LogP contribution >= 0.6 is 0 Å². The third kappa shape index (κ3) is 4.02. The summed E-state index contributed by atoms with van der Waals surface area (Å²) in [5.41, 5.74) is 1.74. The maximum Gasteiger partial charge on any atom is 0.320 e. The van der Waals surface area contributed by atoms with Gasteiger partial charge in [-0.2, -0.15) is 5.10 Å². The molecule has 0 radical (unpaired) electrons. The van der Waals surface area contributed by atoms with E-state index in [4.69, 9.17) is 0 Å². The van der Waals surface area contributed by atoms with Crippen molar-refractivity contribution in [1.29, 1.82) is 0 Å². The van der Waals surface area contributed by atoms with Crippen molar-refractivity contribution >= 4 is 11.8 Å². The van der Waals surface area contributed by atoms with Crippen LogP contribution in [0.15, 0.2) is 36.4 Å². The van der Waals surface area contributed by atoms with E-state index in [-0.39, 0.29) is 24.1 Å². The number of anilines is 1. The molecular weight excluding hydrogens is 316 g/mol. The highest BCUT2D eigenvalue weighted by atomic mass is 16.3. The van der Waals surface area contributed by atoms with E-state index in [1.165, 1.54) is 0 Å². The third-order valence-electron chi connectivity index (χ3n) is 5.07. The smallest absolute Gasteiger partial charge is 0.320 e. The fourth-order valence-electron chi connectivity index (χ4n) is 3.50. The largest absolute Gasteiger partial charge is 0.396 e. The first-order valence-electron chi connectivity index (χ1n) is 8.77. The van der Waals surface area contributed by atoms with E-state index >= 15 is 0 Å². The van der Waals surface area contributed by atoms with Crippen LogP contribution in [0.25, 0.3) is 0 Å². The molecular formula is C19H26N4O2. The Kier molecular flexibility index (Phi) is 5.08. The molecule has 1 saturated carbocycles. The van der Waals surface area contributed by atoms with E-state index in [1.807, 2.05) is 50.2 Å². The van der Waals surface area contributed by atoms with Gasteiger partial charge in [0.05, 0.1) is 18.8 Å². The van der Waals surface area contributed by atoms with Crippen LogP contribution in [0.3, 0.4) is 0 Å². The number of aryl methyl sites for hydroxylation is 1. The van der Waals surface area contributed by atoms with E-state index in [0.717, 1.165) is 30.5 Å². The van der Waals surface area contributed by atoms with Crippen molar-refractivity contribution in [2.75, 3.05) is 11.9 Å². The van der Waals surface area contributed by atoms with Gasteiger partial charge in [-0.25, -0.2) is 9.48 Å². The molecule has 2 unspecified atom stereocenters. The van der Waals surface area contributed by atoms with Crippen LogP contribution in [0.4, 0.5) is 10.6 Å². The van der Waals surface area contributed by atoms with Crippen molar-refractivity contribution in [3.8, 4) is 0 Å². The molecule has 6 heteroatoms. The Bertz CT molecular complexity index is 728. The van der Waals surface area contributed by atoms with Gasteiger partial charge in [0.1, 0.15) is 5.82 Å². The van der Waals surface area contributed by atoms with Gasteiger partial charge < -0.3 is 10.4 Å². The third-order valence-corrected chi connectivity index (χ3v) is 5.07. The van der Waals surface area contributed by atoms with E-state index in [1.54, 1.807) is 4.68 Å². The molecule has 134 valence electrons. The standard InChI is InChI=1S/C19H26N4O2/c1-14-11-17(23(22-14)12-15-7-4-3-5-8-15)21-18(25)20-16-9-6-10-19(16,2)13-24/h3-5,7-8,11,16,24H,6,9-10,12-13H2,1-2H3,(H2,20,21,25). The SMILES string of the molecule is Cc1cc(NC(=O)NC2CCCC2(C)CO)n(Cc2ccccc2)n1. The number of carbonyl (C=O) groups excluding carboxylic acids is 1. The van der Waals surface area contributed by atoms with Crippen molar-refractivity contribution in [1.82, 2.24) is 15.1 Å². The lowest BCUT2D eigenvalue weighted by Crippen LogP contribution is -2.46. The van der Waals surface area contributed by atoms with Crippen LogP contribution in [0.5, 0.6) is 0 Å². The van der Waals surface area contributed by atoms with E-state index in [0.29, 0.717) is 12.4 Å². The fraction of sp³-hybridized carbons (Fsp3) is 0.474. The second kappa shape index (κ2) is 7.27. The number of aromatic nitrogens is 2. The lowest BCUT2D eigenvalue weighted by atomic mass is 9.86. The van der Waals surface area contributed by atoms with Gasteiger partial charge in [0.15, 0.2) is 0 Å². The van der Waals surface area contributed by atoms with Crippen LogP contribution in [-0.2, 0) is 6.54 Å². The van der Waals surface area contributed by atoms with Crippen LogP contribution in [0.1, 0.15) is 37.4 Å². The molecule has 0 aliphatic heterocycles. The van der Waals surface area contributed by atoms with Gasteiger partial charge in [0.2, 0.25) is 0 Å². The van der Waals surface area contributed by atoms with Crippen molar-refractivity contribution in [2.24, 2.45) is 5.41 Å². The Labute approximate surface area is 148 Å². The average molecular weight is 342 g/mol. The summed E-state index contributed by atoms with van der Waals surface area (Å²) >= 11 is 0. The quantitative estimate of drug-likeness (QED) is 0.782. The summed E-state index contributed by atoms with van der Waals surface area (Å²) in [6, 6.07) is 11.6. The summed E-state index contributed by atoms with van der Waals surface area (Å²) in [5.74, 6) is 0.669. The molecule has 3 N–H and O–H groups in total. The molecule has 1 aromatic carbocycles. The Morgan fingerprint density at radius 2 is 2.16 bits per heavy atom. The minimum absolute atomic E-state index is 0.0101. The van der Waals surface area contributed by atoms with E-state index in [9.17, 15) is 9.90 Å². The highest BCUT2D eigenvalue weighted by Gasteiger charge is 2.39. The van der Waals surface area contributed by atoms with Gasteiger partial charge in [-0.1, -0.05) is 43.7 Å². The highest BCUT2D eigenvalue weighted by Crippen LogP contribution is 2.37. The number of nitrogens with zero attached hydrogens (tertiary/aromatic N) is 2. The lowest BCUT2D eigenvalue weighted by molar-refractivity contribution is 0.122. The molecule has 1 fully saturated rings. The molecule has 25 heavy (non-hydrogen) atoms. The molecule has 0 bridgehead atoms. The number of benzene rings is 1. The van der Waals surface area contributed by atoms with Gasteiger partial charge >= 0.3 is 6.03 Å². The van der Waals surface area contributed by atoms with Gasteiger partial charge in [0, 0.05) is 17.5 Å². The highest BCUT2D eigenvalue weighted by molar-refractivity contribution is 5.88. The number of hydrogen-bond donors (Lipinski definition) is 3. The topological polar surface area (TPSA) is 79.2 Å². The zero-order valence-electron chi connectivity index (χ0n) is 14.8. The number of carbonyl (C=O) groups is 1. The molecule has 2 aromatic rings. The zero-order valence-corrected chi connectivity index (χ0v) is 14.8. The molecule has 1 aliphatic carbocycles. The average Bonchev–Trinajstić information content (AvgIpc) is 3.12. The molecule has 2 amide bonds. The maximum absolute atomic E-state index is 12.4. The first-order valence-corrected chi connectivity index (χ1v) is 8.77. The number of nitrogens with one attached hydrogen (secondary N) is 2. The summed E-state index contributed by atoms with van der Waals surface area (Å²) in [5, 5.41) is 20.0. The minimum Gasteiger partial charge on any atom is -0.396 e. The Balaban J connectivity index is 1.67. The lowest BCUT2D eigenvalue weighted by Gasteiger charge is -2.30. The molecule has 0 spiro atoms. The predicted molar refractivity (Wildman–Crippen MR) is 97.5 cm³/mol. The van der Waals surface area contributed by atoms with Crippen LogP contribution in [0, 0.1) is 12.3 Å². The number of aliphatic hydroxyl groups excluding tert-OH is 1. The number of hydrogen-bond acceptors (Lipinski definition) is 3. The molecule has 1 aromatic heterocycles. The van der Waals surface area contributed by atoms with Gasteiger partial charge in [-0.15, -0.1) is 0 Å². The van der Waals surface area contributed by atoms with Crippen molar-refractivity contribution in [3.05, 3.63) is 47.7 Å². The van der Waals surface area contributed by atoms with Crippen LogP contribution in [0.2, 0.25) is 0 Å². The van der Waals surface area contributed by atoms with Gasteiger partial charge in [0.25, 0.3) is 0 Å². The Hall–Kier alpha value is -2.34. The molecule has 2 atom stereocenters. The summed E-state index contributed by atoms with van der Waals surface area (Å²) in [6.45, 7) is 4.62. The van der Waals surface area contributed by atoms with E-state index < -0.39 is 0 Å². The number of rotatable bonds is 5. The fourth-order valence-corrected chi connectivity index (χ4v) is 3.50.